The maximum absolute atomic E-state index is 13.4. The number of carbonyl (C=O) groups excluding carboxylic acids is 2. The van der Waals surface area contributed by atoms with E-state index in [0.29, 0.717) is 27.4 Å². The molecule has 0 aliphatic heterocycles. The Bertz CT molecular complexity index is 1380. The number of rotatable bonds is 7. The van der Waals surface area contributed by atoms with Gasteiger partial charge in [0.1, 0.15) is 6.04 Å². The van der Waals surface area contributed by atoms with E-state index in [9.17, 15) is 18.0 Å². The maximum atomic E-state index is 13.4. The van der Waals surface area contributed by atoms with Crippen molar-refractivity contribution in [1.82, 2.24) is 10.3 Å². The van der Waals surface area contributed by atoms with Crippen molar-refractivity contribution in [1.29, 1.82) is 0 Å². The van der Waals surface area contributed by atoms with Gasteiger partial charge >= 0.3 is 5.97 Å². The van der Waals surface area contributed by atoms with E-state index in [0.717, 1.165) is 0 Å². The molecule has 1 atom stereocenters. The highest BCUT2D eigenvalue weighted by molar-refractivity contribution is 7.91. The van der Waals surface area contributed by atoms with Crippen LogP contribution >= 0.6 is 0 Å². The maximum Gasteiger partial charge on any atom is 0.328 e. The molecule has 0 unspecified atom stereocenters. The average Bonchev–Trinajstić information content (AvgIpc) is 2.84. The van der Waals surface area contributed by atoms with Crippen molar-refractivity contribution in [3.05, 3.63) is 84.4 Å². The highest BCUT2D eigenvalue weighted by Crippen LogP contribution is 2.26. The number of benzene rings is 3. The minimum absolute atomic E-state index is 0.128. The molecular formula is C25H22N2O5S. The lowest BCUT2D eigenvalue weighted by Gasteiger charge is -2.18. The van der Waals surface area contributed by atoms with Gasteiger partial charge < -0.3 is 10.1 Å². The van der Waals surface area contributed by atoms with Gasteiger partial charge in [0.15, 0.2) is 9.84 Å². The first-order chi connectivity index (χ1) is 15.9. The van der Waals surface area contributed by atoms with E-state index < -0.39 is 27.8 Å². The van der Waals surface area contributed by atoms with Crippen molar-refractivity contribution < 1.29 is 22.7 Å². The molecule has 4 rings (SSSR count). The number of nitrogens with one attached hydrogen (secondary N) is 1. The summed E-state index contributed by atoms with van der Waals surface area (Å²) in [5.74, 6) is -1.54. The minimum atomic E-state index is -3.64. The number of para-hydroxylation sites is 2. The molecule has 7 nitrogen and oxygen atoms in total. The Morgan fingerprint density at radius 3 is 2.00 bits per heavy atom. The van der Waals surface area contributed by atoms with Crippen LogP contribution in [0.2, 0.25) is 0 Å². The number of aromatic nitrogens is 1. The van der Waals surface area contributed by atoms with Crippen molar-refractivity contribution in [2.24, 2.45) is 0 Å². The summed E-state index contributed by atoms with van der Waals surface area (Å²) >= 11 is 0. The molecule has 1 aromatic heterocycles. The summed E-state index contributed by atoms with van der Waals surface area (Å²) in [5, 5.41) is 3.95. The Morgan fingerprint density at radius 1 is 0.879 bits per heavy atom. The average molecular weight is 463 g/mol. The fraction of sp³-hybridized carbons (Fsp3) is 0.160. The molecule has 0 fully saturated rings. The fourth-order valence-electron chi connectivity index (χ4n) is 3.72. The second kappa shape index (κ2) is 9.38. The molecule has 8 heteroatoms. The van der Waals surface area contributed by atoms with E-state index >= 15 is 0 Å². The number of ether oxygens (including phenoxy) is 1. The van der Waals surface area contributed by atoms with Crippen LogP contribution < -0.4 is 5.32 Å². The molecule has 0 aliphatic rings. The van der Waals surface area contributed by atoms with E-state index in [-0.39, 0.29) is 17.1 Å². The van der Waals surface area contributed by atoms with E-state index in [4.69, 9.17) is 4.74 Å². The molecule has 0 spiro atoms. The van der Waals surface area contributed by atoms with Gasteiger partial charge in [0.05, 0.1) is 34.4 Å². The zero-order valence-electron chi connectivity index (χ0n) is 17.9. The number of sulfone groups is 1. The van der Waals surface area contributed by atoms with Crippen molar-refractivity contribution in [3.8, 4) is 0 Å². The Labute approximate surface area is 191 Å². The topological polar surface area (TPSA) is 102 Å². The molecule has 4 aromatic rings. The van der Waals surface area contributed by atoms with Gasteiger partial charge in [0.2, 0.25) is 0 Å². The van der Waals surface area contributed by atoms with Crippen LogP contribution in [0.15, 0.2) is 83.8 Å². The molecule has 0 bridgehead atoms. The second-order valence-corrected chi connectivity index (χ2v) is 9.60. The molecule has 1 amide bonds. The van der Waals surface area contributed by atoms with E-state index in [1.165, 1.54) is 19.2 Å². The predicted molar refractivity (Wildman–Crippen MR) is 126 cm³/mol. The van der Waals surface area contributed by atoms with Crippen LogP contribution in [0, 0.1) is 0 Å². The fourth-order valence-corrected chi connectivity index (χ4v) is 5.08. The molecule has 1 N–H and O–H groups in total. The lowest BCUT2D eigenvalue weighted by atomic mass is 10.0. The quantitative estimate of drug-likeness (QED) is 0.333. The van der Waals surface area contributed by atoms with Crippen LogP contribution in [0.25, 0.3) is 21.8 Å². The second-order valence-electron chi connectivity index (χ2n) is 7.49. The zero-order valence-corrected chi connectivity index (χ0v) is 18.7. The zero-order chi connectivity index (χ0) is 23.4. The van der Waals surface area contributed by atoms with Gasteiger partial charge in [0, 0.05) is 10.8 Å². The highest BCUT2D eigenvalue weighted by Gasteiger charge is 2.27. The van der Waals surface area contributed by atoms with Gasteiger partial charge in [0.25, 0.3) is 5.91 Å². The largest absolute Gasteiger partial charge is 0.467 e. The first-order valence-corrected chi connectivity index (χ1v) is 12.0. The van der Waals surface area contributed by atoms with E-state index in [2.05, 4.69) is 10.3 Å². The van der Waals surface area contributed by atoms with Crippen molar-refractivity contribution in [3.63, 3.8) is 0 Å². The minimum Gasteiger partial charge on any atom is -0.467 e. The summed E-state index contributed by atoms with van der Waals surface area (Å²) in [6, 6.07) is 21.3. The summed E-state index contributed by atoms with van der Waals surface area (Å²) in [5.41, 5.74) is 1.65. The summed E-state index contributed by atoms with van der Waals surface area (Å²) in [6.45, 7) is 0. The Balaban J connectivity index is 1.66. The SMILES string of the molecule is COC(=O)[C@@H](CCS(=O)(=O)c1ccccc1)NC(=O)c1c2ccccc2nc2ccccc12. The molecule has 33 heavy (non-hydrogen) atoms. The van der Waals surface area contributed by atoms with Gasteiger partial charge in [-0.1, -0.05) is 54.6 Å². The van der Waals surface area contributed by atoms with Gasteiger partial charge in [-0.15, -0.1) is 0 Å². The Morgan fingerprint density at radius 2 is 1.42 bits per heavy atom. The lowest BCUT2D eigenvalue weighted by molar-refractivity contribution is -0.142. The molecule has 0 saturated heterocycles. The molecule has 168 valence electrons. The number of carbonyl (C=O) groups is 2. The smallest absolute Gasteiger partial charge is 0.328 e. The first-order valence-electron chi connectivity index (χ1n) is 10.3. The number of pyridine rings is 1. The van der Waals surface area contributed by atoms with E-state index in [1.807, 2.05) is 24.3 Å². The molecule has 0 saturated carbocycles. The lowest BCUT2D eigenvalue weighted by Crippen LogP contribution is -2.42. The van der Waals surface area contributed by atoms with Crippen LogP contribution in [0.3, 0.4) is 0 Å². The number of hydrogen-bond donors (Lipinski definition) is 1. The molecule has 0 radical (unpaired) electrons. The number of esters is 1. The third-order valence-corrected chi connectivity index (χ3v) is 7.15. The highest BCUT2D eigenvalue weighted by atomic mass is 32.2. The van der Waals surface area contributed by atoms with Crippen LogP contribution in [0.4, 0.5) is 0 Å². The standard InChI is InChI=1S/C25H22N2O5S/c1-32-25(29)22(15-16-33(30,31)17-9-3-2-4-10-17)27-24(28)23-18-11-5-7-13-20(18)26-21-14-8-6-12-19(21)23/h2-14,22H,15-16H2,1H3,(H,27,28)/t22-/m1/s1. The van der Waals surface area contributed by atoms with Gasteiger partial charge in [-0.05, 0) is 30.7 Å². The van der Waals surface area contributed by atoms with Crippen LogP contribution in [-0.2, 0) is 19.4 Å². The molecular weight excluding hydrogens is 440 g/mol. The van der Waals surface area contributed by atoms with Crippen LogP contribution in [0.1, 0.15) is 16.8 Å². The number of methoxy groups -OCH3 is 1. The third-order valence-electron chi connectivity index (χ3n) is 5.38. The summed E-state index contributed by atoms with van der Waals surface area (Å²) in [6.07, 6.45) is -0.128. The van der Waals surface area contributed by atoms with Crippen molar-refractivity contribution in [2.75, 3.05) is 12.9 Å². The molecule has 0 aliphatic carbocycles. The van der Waals surface area contributed by atoms with Crippen molar-refractivity contribution >= 4 is 43.5 Å². The number of amides is 1. The first kappa shape index (κ1) is 22.4. The summed E-state index contributed by atoms with van der Waals surface area (Å²) < 4.78 is 30.2. The van der Waals surface area contributed by atoms with Gasteiger partial charge in [-0.3, -0.25) is 4.79 Å². The van der Waals surface area contributed by atoms with Gasteiger partial charge in [-0.2, -0.15) is 0 Å². The van der Waals surface area contributed by atoms with Crippen molar-refractivity contribution in [2.45, 2.75) is 17.4 Å². The Kier molecular flexibility index (Phi) is 6.37. The number of nitrogens with zero attached hydrogens (tertiary/aromatic N) is 1. The third kappa shape index (κ3) is 4.70. The summed E-state index contributed by atoms with van der Waals surface area (Å²) in [7, 11) is -2.44. The predicted octanol–water partition coefficient (Wildman–Crippen LogP) is 3.52. The molecule has 1 heterocycles. The molecule has 3 aromatic carbocycles. The van der Waals surface area contributed by atoms with Crippen LogP contribution in [0.5, 0.6) is 0 Å². The van der Waals surface area contributed by atoms with Gasteiger partial charge in [-0.25, -0.2) is 18.2 Å². The number of hydrogen-bond acceptors (Lipinski definition) is 6. The van der Waals surface area contributed by atoms with Crippen LogP contribution in [-0.4, -0.2) is 44.2 Å². The number of fused-ring (bicyclic) bond motifs is 2. The Hall–Kier alpha value is -3.78. The monoisotopic (exact) mass is 462 g/mol. The normalized spacial score (nSPS) is 12.4. The van der Waals surface area contributed by atoms with E-state index in [1.54, 1.807) is 42.5 Å². The summed E-state index contributed by atoms with van der Waals surface area (Å²) in [4.78, 5) is 30.6.